The van der Waals surface area contributed by atoms with Crippen LogP contribution in [0.4, 0.5) is 31.9 Å². The number of halogens is 4. The Morgan fingerprint density at radius 1 is 0.875 bits per heavy atom. The van der Waals surface area contributed by atoms with E-state index in [9.17, 15) is 8.78 Å². The Bertz CT molecular complexity index is 890. The highest BCUT2D eigenvalue weighted by Gasteiger charge is 2.07. The van der Waals surface area contributed by atoms with Crippen LogP contribution in [0.5, 0.6) is 0 Å². The summed E-state index contributed by atoms with van der Waals surface area (Å²) >= 11 is 12.0. The fourth-order valence-corrected chi connectivity index (χ4v) is 2.27. The van der Waals surface area contributed by atoms with Crippen molar-refractivity contribution in [2.24, 2.45) is 0 Å². The smallest absolute Gasteiger partial charge is 0.229 e. The van der Waals surface area contributed by atoms with E-state index in [-0.39, 0.29) is 11.6 Å². The molecule has 2 aromatic carbocycles. The zero-order chi connectivity index (χ0) is 17.1. The SMILES string of the molecule is Fc1ccc(Nc2ccnc(Nc3cc(Cl)ccc3Cl)n2)c(F)c1. The fourth-order valence-electron chi connectivity index (χ4n) is 1.93. The van der Waals surface area contributed by atoms with Crippen LogP contribution >= 0.6 is 23.2 Å². The van der Waals surface area contributed by atoms with Crippen molar-refractivity contribution >= 4 is 46.3 Å². The molecule has 24 heavy (non-hydrogen) atoms. The predicted octanol–water partition coefficient (Wildman–Crippen LogP) is 5.55. The minimum atomic E-state index is -0.721. The number of nitrogens with one attached hydrogen (secondary N) is 2. The molecule has 0 aliphatic heterocycles. The fraction of sp³-hybridized carbons (Fsp3) is 0. The van der Waals surface area contributed by atoms with Crippen LogP contribution in [0.15, 0.2) is 48.7 Å². The Balaban J connectivity index is 1.82. The first kappa shape index (κ1) is 16.4. The maximum Gasteiger partial charge on any atom is 0.229 e. The number of benzene rings is 2. The van der Waals surface area contributed by atoms with Gasteiger partial charge in [0, 0.05) is 17.3 Å². The molecule has 122 valence electrons. The van der Waals surface area contributed by atoms with Crippen LogP contribution in [0.1, 0.15) is 0 Å². The van der Waals surface area contributed by atoms with Gasteiger partial charge in [0.2, 0.25) is 5.95 Å². The van der Waals surface area contributed by atoms with Gasteiger partial charge in [-0.25, -0.2) is 13.8 Å². The molecule has 4 nitrogen and oxygen atoms in total. The number of hydrogen-bond acceptors (Lipinski definition) is 4. The summed E-state index contributed by atoms with van der Waals surface area (Å²) in [4.78, 5) is 8.27. The van der Waals surface area contributed by atoms with Gasteiger partial charge in [-0.3, -0.25) is 0 Å². The van der Waals surface area contributed by atoms with Crippen molar-refractivity contribution in [3.8, 4) is 0 Å². The minimum Gasteiger partial charge on any atom is -0.338 e. The normalized spacial score (nSPS) is 10.5. The van der Waals surface area contributed by atoms with E-state index in [0.29, 0.717) is 21.6 Å². The highest BCUT2D eigenvalue weighted by atomic mass is 35.5. The third kappa shape index (κ3) is 3.90. The van der Waals surface area contributed by atoms with Gasteiger partial charge < -0.3 is 10.6 Å². The molecule has 0 aliphatic rings. The van der Waals surface area contributed by atoms with Gasteiger partial charge in [-0.1, -0.05) is 23.2 Å². The minimum absolute atomic E-state index is 0.0989. The largest absolute Gasteiger partial charge is 0.338 e. The van der Waals surface area contributed by atoms with Gasteiger partial charge in [-0.2, -0.15) is 4.98 Å². The van der Waals surface area contributed by atoms with Gasteiger partial charge in [0.15, 0.2) is 0 Å². The van der Waals surface area contributed by atoms with E-state index >= 15 is 0 Å². The van der Waals surface area contributed by atoms with E-state index in [1.165, 1.54) is 12.3 Å². The Morgan fingerprint density at radius 2 is 1.71 bits per heavy atom. The molecule has 1 aromatic heterocycles. The van der Waals surface area contributed by atoms with E-state index in [0.717, 1.165) is 12.1 Å². The maximum absolute atomic E-state index is 13.7. The first-order valence-electron chi connectivity index (χ1n) is 6.78. The third-order valence-electron chi connectivity index (χ3n) is 3.02. The van der Waals surface area contributed by atoms with E-state index in [4.69, 9.17) is 23.2 Å². The van der Waals surface area contributed by atoms with Crippen LogP contribution in [0, 0.1) is 11.6 Å². The average molecular weight is 367 g/mol. The second kappa shape index (κ2) is 6.98. The monoisotopic (exact) mass is 366 g/mol. The summed E-state index contributed by atoms with van der Waals surface area (Å²) in [6, 6.07) is 9.70. The molecule has 3 aromatic rings. The number of hydrogen-bond donors (Lipinski definition) is 2. The molecule has 0 saturated carbocycles. The summed E-state index contributed by atoms with van der Waals surface area (Å²) in [5.41, 5.74) is 0.635. The summed E-state index contributed by atoms with van der Waals surface area (Å²) in [5.74, 6) is -0.803. The second-order valence-corrected chi connectivity index (χ2v) is 5.61. The van der Waals surface area contributed by atoms with E-state index in [1.807, 2.05) is 0 Å². The number of nitrogens with zero attached hydrogens (tertiary/aromatic N) is 2. The van der Waals surface area contributed by atoms with Gasteiger partial charge in [0.1, 0.15) is 17.5 Å². The molecule has 2 N–H and O–H groups in total. The summed E-state index contributed by atoms with van der Waals surface area (Å²) in [5, 5.41) is 6.64. The summed E-state index contributed by atoms with van der Waals surface area (Å²) in [7, 11) is 0. The summed E-state index contributed by atoms with van der Waals surface area (Å²) < 4.78 is 26.6. The lowest BCUT2D eigenvalue weighted by Crippen LogP contribution is -2.02. The van der Waals surface area contributed by atoms with Crippen molar-refractivity contribution in [1.82, 2.24) is 9.97 Å². The molecule has 1 heterocycles. The molecule has 0 amide bonds. The van der Waals surface area contributed by atoms with E-state index in [1.54, 1.807) is 24.3 Å². The summed E-state index contributed by atoms with van der Waals surface area (Å²) in [6.45, 7) is 0. The lowest BCUT2D eigenvalue weighted by molar-refractivity contribution is 0.586. The van der Waals surface area contributed by atoms with Gasteiger partial charge >= 0.3 is 0 Å². The average Bonchev–Trinajstić information content (AvgIpc) is 2.54. The van der Waals surface area contributed by atoms with Crippen LogP contribution in [0.25, 0.3) is 0 Å². The van der Waals surface area contributed by atoms with Crippen LogP contribution in [-0.4, -0.2) is 9.97 Å². The molecule has 0 atom stereocenters. The molecule has 0 saturated heterocycles. The summed E-state index contributed by atoms with van der Waals surface area (Å²) in [6.07, 6.45) is 1.48. The van der Waals surface area contributed by atoms with Crippen molar-refractivity contribution in [2.45, 2.75) is 0 Å². The lowest BCUT2D eigenvalue weighted by atomic mass is 10.3. The van der Waals surface area contributed by atoms with Gasteiger partial charge in [0.05, 0.1) is 16.4 Å². The molecule has 0 unspecified atom stereocenters. The van der Waals surface area contributed by atoms with Crippen molar-refractivity contribution in [2.75, 3.05) is 10.6 Å². The number of anilines is 4. The highest BCUT2D eigenvalue weighted by Crippen LogP contribution is 2.28. The topological polar surface area (TPSA) is 49.8 Å². The predicted molar refractivity (Wildman–Crippen MR) is 91.4 cm³/mol. The van der Waals surface area contributed by atoms with E-state index in [2.05, 4.69) is 20.6 Å². The molecule has 0 spiro atoms. The maximum atomic E-state index is 13.7. The Hall–Kier alpha value is -2.44. The quantitative estimate of drug-likeness (QED) is 0.635. The first-order valence-corrected chi connectivity index (χ1v) is 7.54. The van der Waals surface area contributed by atoms with Crippen molar-refractivity contribution in [3.63, 3.8) is 0 Å². The number of rotatable bonds is 4. The molecular formula is C16H10Cl2F2N4. The van der Waals surface area contributed by atoms with E-state index < -0.39 is 11.6 Å². The molecule has 0 radical (unpaired) electrons. The van der Waals surface area contributed by atoms with Gasteiger partial charge in [0.25, 0.3) is 0 Å². The van der Waals surface area contributed by atoms with Crippen LogP contribution < -0.4 is 10.6 Å². The van der Waals surface area contributed by atoms with Crippen LogP contribution in [0.3, 0.4) is 0 Å². The lowest BCUT2D eigenvalue weighted by Gasteiger charge is -2.10. The Morgan fingerprint density at radius 3 is 2.50 bits per heavy atom. The Labute approximate surface area is 146 Å². The molecule has 0 aliphatic carbocycles. The van der Waals surface area contributed by atoms with Crippen molar-refractivity contribution < 1.29 is 8.78 Å². The van der Waals surface area contributed by atoms with Crippen molar-refractivity contribution in [1.29, 1.82) is 0 Å². The molecule has 0 fully saturated rings. The zero-order valence-corrected chi connectivity index (χ0v) is 13.5. The molecular weight excluding hydrogens is 357 g/mol. The Kier molecular flexibility index (Phi) is 4.78. The second-order valence-electron chi connectivity index (χ2n) is 4.76. The first-order chi connectivity index (χ1) is 11.5. The molecule has 3 rings (SSSR count). The zero-order valence-electron chi connectivity index (χ0n) is 12.0. The van der Waals surface area contributed by atoms with Gasteiger partial charge in [-0.05, 0) is 36.4 Å². The molecule has 0 bridgehead atoms. The highest BCUT2D eigenvalue weighted by molar-refractivity contribution is 6.35. The molecule has 8 heteroatoms. The van der Waals surface area contributed by atoms with Gasteiger partial charge in [-0.15, -0.1) is 0 Å². The number of aromatic nitrogens is 2. The standard InChI is InChI=1S/C16H10Cl2F2N4/c17-9-1-3-11(18)14(7-9)23-16-21-6-5-15(24-16)22-13-4-2-10(19)8-12(13)20/h1-8H,(H2,21,22,23,24). The third-order valence-corrected chi connectivity index (χ3v) is 3.59. The van der Waals surface area contributed by atoms with Crippen LogP contribution in [-0.2, 0) is 0 Å². The van der Waals surface area contributed by atoms with Crippen molar-refractivity contribution in [3.05, 3.63) is 70.3 Å². The van der Waals surface area contributed by atoms with Crippen LogP contribution in [0.2, 0.25) is 10.0 Å².